The maximum atomic E-state index is 13.1. The van der Waals surface area contributed by atoms with Crippen LogP contribution < -0.4 is 9.62 Å². The van der Waals surface area contributed by atoms with E-state index in [0.717, 1.165) is 49.2 Å². The predicted molar refractivity (Wildman–Crippen MR) is 133 cm³/mol. The molecule has 5 rings (SSSR count). The molecule has 34 heavy (non-hydrogen) atoms. The second-order valence-electron chi connectivity index (χ2n) is 9.74. The highest BCUT2D eigenvalue weighted by molar-refractivity contribution is 7.90. The van der Waals surface area contributed by atoms with Crippen LogP contribution in [0.15, 0.2) is 42.7 Å². The number of halogens is 1. The summed E-state index contributed by atoms with van der Waals surface area (Å²) in [5.74, 6) is 0.439. The number of carbonyl (C=O) groups excluding carboxylic acids is 1. The number of sulfonamides is 1. The highest BCUT2D eigenvalue weighted by Crippen LogP contribution is 2.29. The minimum atomic E-state index is -3.43. The Morgan fingerprint density at radius 1 is 1.03 bits per heavy atom. The van der Waals surface area contributed by atoms with Gasteiger partial charge in [-0.25, -0.2) is 13.1 Å². The lowest BCUT2D eigenvalue weighted by molar-refractivity contribution is -0.135. The van der Waals surface area contributed by atoms with Crippen LogP contribution in [0.3, 0.4) is 0 Å². The Hall–Kier alpha value is -2.16. The quantitative estimate of drug-likeness (QED) is 0.656. The smallest absolute Gasteiger partial charge is 0.225 e. The van der Waals surface area contributed by atoms with Crippen molar-refractivity contribution in [1.29, 1.82) is 0 Å². The summed E-state index contributed by atoms with van der Waals surface area (Å²) >= 11 is 6.06. The normalized spacial score (nSPS) is 23.3. The summed E-state index contributed by atoms with van der Waals surface area (Å²) in [6, 6.07) is 9.63. The lowest BCUT2D eigenvalue weighted by Gasteiger charge is -2.34. The number of anilines is 1. The van der Waals surface area contributed by atoms with Gasteiger partial charge in [0.1, 0.15) is 0 Å². The first kappa shape index (κ1) is 23.6. The van der Waals surface area contributed by atoms with Gasteiger partial charge in [-0.15, -0.1) is 0 Å². The molecule has 2 aliphatic heterocycles. The number of pyridine rings is 1. The van der Waals surface area contributed by atoms with E-state index in [4.69, 9.17) is 11.6 Å². The zero-order chi connectivity index (χ0) is 23.7. The summed E-state index contributed by atoms with van der Waals surface area (Å²) in [4.78, 5) is 21.4. The molecule has 1 N–H and O–H groups in total. The lowest BCUT2D eigenvalue weighted by Crippen LogP contribution is -2.42. The molecule has 2 atom stereocenters. The van der Waals surface area contributed by atoms with Crippen molar-refractivity contribution in [2.24, 2.45) is 11.8 Å². The van der Waals surface area contributed by atoms with Gasteiger partial charge in [-0.3, -0.25) is 9.78 Å². The average molecular weight is 503 g/mol. The number of rotatable bonds is 6. The number of nitrogens with one attached hydrogen (secondary N) is 1. The van der Waals surface area contributed by atoms with Crippen LogP contribution in [-0.4, -0.2) is 62.2 Å². The topological polar surface area (TPSA) is 82.6 Å². The van der Waals surface area contributed by atoms with E-state index in [9.17, 15) is 13.2 Å². The van der Waals surface area contributed by atoms with Crippen molar-refractivity contribution in [1.82, 2.24) is 14.6 Å². The standard InChI is InChI=1S/C25H31ClN4O3S/c26-22-2-1-20-14-24(15-21(20)13-22)34(32,33)28-16-18-5-10-30(17-18)25(31)19-6-11-29(12-7-19)23-3-8-27-9-4-23/h1-4,8-9,13,18-19,24,28H,5-7,10-12,14-17H2/t18-,24?/m0/s1. The molecule has 2 aromatic rings. The molecule has 0 spiro atoms. The molecule has 182 valence electrons. The van der Waals surface area contributed by atoms with Crippen LogP contribution >= 0.6 is 11.6 Å². The SMILES string of the molecule is O=C(C1CCN(c2ccncc2)CC1)N1CC[C@@H](CNS(=O)(=O)C2Cc3ccc(Cl)cc3C2)C1. The van der Waals surface area contributed by atoms with Crippen molar-refractivity contribution >= 4 is 33.2 Å². The number of carbonyl (C=O) groups is 1. The number of likely N-dealkylation sites (tertiary alicyclic amines) is 1. The minimum absolute atomic E-state index is 0.0531. The Bertz CT molecular complexity index is 1140. The second kappa shape index (κ2) is 9.84. The molecule has 1 aromatic heterocycles. The third-order valence-electron chi connectivity index (χ3n) is 7.55. The van der Waals surface area contributed by atoms with Crippen LogP contribution in [-0.2, 0) is 27.7 Å². The molecule has 0 saturated carbocycles. The predicted octanol–water partition coefficient (Wildman–Crippen LogP) is 2.89. The van der Waals surface area contributed by atoms with Gasteiger partial charge >= 0.3 is 0 Å². The molecule has 1 amide bonds. The summed E-state index contributed by atoms with van der Waals surface area (Å²) in [6.45, 7) is 3.47. The molecule has 1 aromatic carbocycles. The Labute approximate surface area is 206 Å². The van der Waals surface area contributed by atoms with Gasteiger partial charge in [0.2, 0.25) is 15.9 Å². The maximum Gasteiger partial charge on any atom is 0.225 e. The molecule has 0 bridgehead atoms. The molecule has 3 heterocycles. The number of hydrogen-bond acceptors (Lipinski definition) is 5. The van der Waals surface area contributed by atoms with Crippen LogP contribution in [0.25, 0.3) is 0 Å². The van der Waals surface area contributed by atoms with E-state index >= 15 is 0 Å². The Morgan fingerprint density at radius 2 is 1.76 bits per heavy atom. The fourth-order valence-corrected chi connectivity index (χ4v) is 7.21. The third-order valence-corrected chi connectivity index (χ3v) is 9.56. The van der Waals surface area contributed by atoms with Crippen molar-refractivity contribution in [3.8, 4) is 0 Å². The summed E-state index contributed by atoms with van der Waals surface area (Å²) in [5, 5.41) is 0.189. The number of aromatic nitrogens is 1. The van der Waals surface area contributed by atoms with Crippen LogP contribution in [0.4, 0.5) is 5.69 Å². The largest absolute Gasteiger partial charge is 0.371 e. The van der Waals surface area contributed by atoms with E-state index < -0.39 is 15.3 Å². The van der Waals surface area contributed by atoms with Gasteiger partial charge in [0, 0.05) is 61.7 Å². The minimum Gasteiger partial charge on any atom is -0.371 e. The van der Waals surface area contributed by atoms with Crippen LogP contribution in [0.5, 0.6) is 0 Å². The molecule has 3 aliphatic rings. The Balaban J connectivity index is 1.09. The van der Waals surface area contributed by atoms with Gasteiger partial charge in [0.05, 0.1) is 5.25 Å². The number of benzene rings is 1. The molecule has 9 heteroatoms. The number of nitrogens with zero attached hydrogens (tertiary/aromatic N) is 3. The van der Waals surface area contributed by atoms with E-state index in [0.29, 0.717) is 37.5 Å². The monoisotopic (exact) mass is 502 g/mol. The van der Waals surface area contributed by atoms with Crippen LogP contribution in [0.1, 0.15) is 30.4 Å². The number of hydrogen-bond donors (Lipinski definition) is 1. The molecule has 2 saturated heterocycles. The first-order valence-electron chi connectivity index (χ1n) is 12.1. The first-order chi connectivity index (χ1) is 16.4. The van der Waals surface area contributed by atoms with Gasteiger partial charge in [0.25, 0.3) is 0 Å². The van der Waals surface area contributed by atoms with Crippen molar-refractivity contribution in [2.75, 3.05) is 37.6 Å². The molecule has 7 nitrogen and oxygen atoms in total. The number of piperidine rings is 1. The Kier molecular flexibility index (Phi) is 6.82. The average Bonchev–Trinajstić information content (AvgIpc) is 3.50. The van der Waals surface area contributed by atoms with Crippen LogP contribution in [0.2, 0.25) is 5.02 Å². The second-order valence-corrected chi connectivity index (χ2v) is 12.2. The third kappa shape index (κ3) is 5.09. The molecular weight excluding hydrogens is 472 g/mol. The van der Waals surface area contributed by atoms with E-state index in [-0.39, 0.29) is 17.7 Å². The Morgan fingerprint density at radius 3 is 2.53 bits per heavy atom. The molecular formula is C25H31ClN4O3S. The summed E-state index contributed by atoms with van der Waals surface area (Å²) in [5.41, 5.74) is 3.24. The van der Waals surface area contributed by atoms with Crippen molar-refractivity contribution in [2.45, 2.75) is 37.4 Å². The van der Waals surface area contributed by atoms with Crippen molar-refractivity contribution in [3.63, 3.8) is 0 Å². The van der Waals surface area contributed by atoms with E-state index in [2.05, 4.69) is 14.6 Å². The molecule has 0 radical (unpaired) electrons. The fourth-order valence-electron chi connectivity index (χ4n) is 5.51. The molecule has 1 aliphatic carbocycles. The van der Waals surface area contributed by atoms with Crippen molar-refractivity contribution < 1.29 is 13.2 Å². The fraction of sp³-hybridized carbons (Fsp3) is 0.520. The maximum absolute atomic E-state index is 13.1. The van der Waals surface area contributed by atoms with Gasteiger partial charge in [0.15, 0.2) is 0 Å². The molecule has 1 unspecified atom stereocenters. The highest BCUT2D eigenvalue weighted by atomic mass is 35.5. The zero-order valence-corrected chi connectivity index (χ0v) is 20.8. The van der Waals surface area contributed by atoms with Crippen molar-refractivity contribution in [3.05, 3.63) is 58.9 Å². The van der Waals surface area contributed by atoms with Crippen LogP contribution in [0, 0.1) is 11.8 Å². The van der Waals surface area contributed by atoms with Gasteiger partial charge in [-0.1, -0.05) is 17.7 Å². The number of amides is 1. The highest BCUT2D eigenvalue weighted by Gasteiger charge is 2.35. The summed E-state index contributed by atoms with van der Waals surface area (Å²) < 4.78 is 28.7. The zero-order valence-electron chi connectivity index (χ0n) is 19.2. The van der Waals surface area contributed by atoms with E-state index in [1.807, 2.05) is 35.2 Å². The van der Waals surface area contributed by atoms with E-state index in [1.54, 1.807) is 12.4 Å². The first-order valence-corrected chi connectivity index (χ1v) is 14.0. The van der Waals surface area contributed by atoms with E-state index in [1.165, 1.54) is 0 Å². The van der Waals surface area contributed by atoms with Gasteiger partial charge in [-0.05, 0) is 73.4 Å². The van der Waals surface area contributed by atoms with Gasteiger partial charge < -0.3 is 9.80 Å². The molecule has 2 fully saturated rings. The summed E-state index contributed by atoms with van der Waals surface area (Å²) in [7, 11) is -3.43. The lowest BCUT2D eigenvalue weighted by atomic mass is 9.95. The van der Waals surface area contributed by atoms with Gasteiger partial charge in [-0.2, -0.15) is 0 Å². The number of fused-ring (bicyclic) bond motifs is 1. The summed E-state index contributed by atoms with van der Waals surface area (Å²) in [6.07, 6.45) is 7.15.